The molecule has 0 fully saturated rings. The zero-order valence-electron chi connectivity index (χ0n) is 11.4. The summed E-state index contributed by atoms with van der Waals surface area (Å²) in [6.45, 7) is 11.0. The van der Waals surface area contributed by atoms with Crippen molar-refractivity contribution in [2.75, 3.05) is 0 Å². The highest BCUT2D eigenvalue weighted by Crippen LogP contribution is 2.28. The Bertz CT molecular complexity index is 316. The minimum absolute atomic E-state index is 0.500. The van der Waals surface area contributed by atoms with Crippen LogP contribution in [-0.2, 0) is 6.42 Å². The summed E-state index contributed by atoms with van der Waals surface area (Å²) in [5, 5.41) is 0. The monoisotopic (exact) mass is 219 g/mol. The number of pyridine rings is 1. The number of rotatable bonds is 0. The summed E-state index contributed by atoms with van der Waals surface area (Å²) in [5.41, 5.74) is 3.30. The standard InChI is InChI=1S/C10H13N.C5H12/c1-8-4-2-5-9-6-3-7-11-10(8)9;1-5(2,3)4/h3,6-8H,2,4-5H2,1H3;1-4H3. The molecule has 0 spiro atoms. The molecule has 0 bridgehead atoms. The predicted molar refractivity (Wildman–Crippen MR) is 70.7 cm³/mol. The molecule has 0 aromatic carbocycles. The van der Waals surface area contributed by atoms with E-state index in [-0.39, 0.29) is 0 Å². The Hall–Kier alpha value is -0.850. The molecule has 90 valence electrons. The van der Waals surface area contributed by atoms with E-state index in [9.17, 15) is 0 Å². The third kappa shape index (κ3) is 4.78. The van der Waals surface area contributed by atoms with Crippen LogP contribution in [0.15, 0.2) is 18.3 Å². The average Bonchev–Trinajstić information content (AvgIpc) is 2.16. The zero-order chi connectivity index (χ0) is 12.2. The Morgan fingerprint density at radius 2 is 1.88 bits per heavy atom. The van der Waals surface area contributed by atoms with Gasteiger partial charge < -0.3 is 0 Å². The van der Waals surface area contributed by atoms with E-state index in [2.05, 4.69) is 45.7 Å². The van der Waals surface area contributed by atoms with E-state index < -0.39 is 0 Å². The van der Waals surface area contributed by atoms with Gasteiger partial charge in [0, 0.05) is 11.9 Å². The number of hydrogen-bond donors (Lipinski definition) is 0. The highest BCUT2D eigenvalue weighted by atomic mass is 14.7. The van der Waals surface area contributed by atoms with Crippen LogP contribution in [0.5, 0.6) is 0 Å². The van der Waals surface area contributed by atoms with Gasteiger partial charge >= 0.3 is 0 Å². The normalized spacial score (nSPS) is 19.4. The van der Waals surface area contributed by atoms with Gasteiger partial charge in [0.2, 0.25) is 0 Å². The molecule has 0 aliphatic heterocycles. The molecular weight excluding hydrogens is 194 g/mol. The van der Waals surface area contributed by atoms with Crippen LogP contribution < -0.4 is 0 Å². The van der Waals surface area contributed by atoms with Crippen LogP contribution in [0.3, 0.4) is 0 Å². The molecule has 1 aromatic heterocycles. The Morgan fingerprint density at radius 1 is 1.25 bits per heavy atom. The largest absolute Gasteiger partial charge is 0.261 e. The molecular formula is C15H25N. The van der Waals surface area contributed by atoms with Gasteiger partial charge in [0.1, 0.15) is 0 Å². The molecule has 1 nitrogen and oxygen atoms in total. The molecule has 1 unspecified atom stereocenters. The maximum atomic E-state index is 4.40. The van der Waals surface area contributed by atoms with Crippen molar-refractivity contribution in [1.82, 2.24) is 4.98 Å². The van der Waals surface area contributed by atoms with E-state index in [1.807, 2.05) is 12.3 Å². The summed E-state index contributed by atoms with van der Waals surface area (Å²) in [4.78, 5) is 4.40. The molecule has 1 aliphatic rings. The van der Waals surface area contributed by atoms with Crippen molar-refractivity contribution in [3.63, 3.8) is 0 Å². The van der Waals surface area contributed by atoms with Crippen molar-refractivity contribution in [1.29, 1.82) is 0 Å². The molecule has 1 aliphatic carbocycles. The van der Waals surface area contributed by atoms with Crippen LogP contribution in [0.25, 0.3) is 0 Å². The van der Waals surface area contributed by atoms with Gasteiger partial charge in [-0.2, -0.15) is 0 Å². The van der Waals surface area contributed by atoms with Crippen molar-refractivity contribution in [3.05, 3.63) is 29.6 Å². The average molecular weight is 219 g/mol. The summed E-state index contributed by atoms with van der Waals surface area (Å²) in [5.74, 6) is 0.681. The van der Waals surface area contributed by atoms with E-state index in [0.717, 1.165) is 0 Å². The molecule has 0 N–H and O–H groups in total. The molecule has 1 atom stereocenters. The lowest BCUT2D eigenvalue weighted by molar-refractivity contribution is 0.469. The topological polar surface area (TPSA) is 12.9 Å². The van der Waals surface area contributed by atoms with Gasteiger partial charge in [-0.3, -0.25) is 4.98 Å². The first-order valence-corrected chi connectivity index (χ1v) is 6.31. The molecule has 1 heteroatoms. The van der Waals surface area contributed by atoms with Crippen molar-refractivity contribution < 1.29 is 0 Å². The highest BCUT2D eigenvalue weighted by Gasteiger charge is 2.15. The first-order chi connectivity index (χ1) is 7.38. The molecule has 1 heterocycles. The summed E-state index contributed by atoms with van der Waals surface area (Å²) in [7, 11) is 0. The van der Waals surface area contributed by atoms with Gasteiger partial charge in [0.25, 0.3) is 0 Å². The SMILES string of the molecule is CC(C)(C)C.CC1CCCc2cccnc21. The smallest absolute Gasteiger partial charge is 0.0463 e. The Labute approximate surface area is 100 Å². The quantitative estimate of drug-likeness (QED) is 0.622. The lowest BCUT2D eigenvalue weighted by Crippen LogP contribution is -2.08. The predicted octanol–water partition coefficient (Wildman–Crippen LogP) is 4.57. The molecule has 1 aromatic rings. The minimum atomic E-state index is 0.500. The Morgan fingerprint density at radius 3 is 2.44 bits per heavy atom. The second kappa shape index (κ2) is 5.47. The van der Waals surface area contributed by atoms with Crippen LogP contribution in [0, 0.1) is 5.41 Å². The molecule has 0 saturated heterocycles. The summed E-state index contributed by atoms with van der Waals surface area (Å²) in [6.07, 6.45) is 5.78. The fraction of sp³-hybridized carbons (Fsp3) is 0.667. The highest BCUT2D eigenvalue weighted by molar-refractivity contribution is 5.25. The van der Waals surface area contributed by atoms with E-state index >= 15 is 0 Å². The maximum absolute atomic E-state index is 4.40. The molecule has 0 saturated carbocycles. The van der Waals surface area contributed by atoms with Crippen molar-refractivity contribution >= 4 is 0 Å². The van der Waals surface area contributed by atoms with Crippen LogP contribution in [0.1, 0.15) is 64.6 Å². The lowest BCUT2D eigenvalue weighted by atomic mass is 9.88. The number of fused-ring (bicyclic) bond motifs is 1. The number of nitrogens with zero attached hydrogens (tertiary/aromatic N) is 1. The minimum Gasteiger partial charge on any atom is -0.261 e. The zero-order valence-corrected chi connectivity index (χ0v) is 11.4. The van der Waals surface area contributed by atoms with Gasteiger partial charge in [-0.25, -0.2) is 0 Å². The van der Waals surface area contributed by atoms with Crippen LogP contribution in [-0.4, -0.2) is 4.98 Å². The van der Waals surface area contributed by atoms with Gasteiger partial charge in [0.15, 0.2) is 0 Å². The van der Waals surface area contributed by atoms with Gasteiger partial charge in [-0.05, 0) is 42.2 Å². The van der Waals surface area contributed by atoms with E-state index in [1.54, 1.807) is 0 Å². The van der Waals surface area contributed by atoms with E-state index in [0.29, 0.717) is 11.3 Å². The second-order valence-electron chi connectivity index (χ2n) is 6.34. The van der Waals surface area contributed by atoms with E-state index in [1.165, 1.54) is 30.5 Å². The Kier molecular flexibility index (Phi) is 4.52. The van der Waals surface area contributed by atoms with Crippen molar-refractivity contribution in [3.8, 4) is 0 Å². The molecule has 16 heavy (non-hydrogen) atoms. The fourth-order valence-corrected chi connectivity index (χ4v) is 1.84. The first kappa shape index (κ1) is 13.2. The lowest BCUT2D eigenvalue weighted by Gasteiger charge is -2.20. The number of aromatic nitrogens is 1. The molecule has 0 amide bonds. The number of aryl methyl sites for hydroxylation is 1. The second-order valence-corrected chi connectivity index (χ2v) is 6.34. The van der Waals surface area contributed by atoms with Gasteiger partial charge in [0.05, 0.1) is 0 Å². The first-order valence-electron chi connectivity index (χ1n) is 6.31. The van der Waals surface area contributed by atoms with Crippen molar-refractivity contribution in [2.24, 2.45) is 5.41 Å². The summed E-state index contributed by atoms with van der Waals surface area (Å²) >= 11 is 0. The van der Waals surface area contributed by atoms with Crippen LogP contribution in [0.2, 0.25) is 0 Å². The number of hydrogen-bond acceptors (Lipinski definition) is 1. The van der Waals surface area contributed by atoms with Crippen LogP contribution in [0.4, 0.5) is 0 Å². The fourth-order valence-electron chi connectivity index (χ4n) is 1.84. The third-order valence-corrected chi connectivity index (χ3v) is 2.48. The summed E-state index contributed by atoms with van der Waals surface area (Å²) in [6, 6.07) is 4.24. The van der Waals surface area contributed by atoms with Crippen molar-refractivity contribution in [2.45, 2.75) is 59.8 Å². The third-order valence-electron chi connectivity index (χ3n) is 2.48. The molecule has 0 radical (unpaired) electrons. The molecule has 2 rings (SSSR count). The van der Waals surface area contributed by atoms with Crippen LogP contribution >= 0.6 is 0 Å². The van der Waals surface area contributed by atoms with Gasteiger partial charge in [-0.15, -0.1) is 0 Å². The Balaban J connectivity index is 0.000000221. The van der Waals surface area contributed by atoms with E-state index in [4.69, 9.17) is 0 Å². The maximum Gasteiger partial charge on any atom is 0.0463 e. The summed E-state index contributed by atoms with van der Waals surface area (Å²) < 4.78 is 0. The van der Waals surface area contributed by atoms with Gasteiger partial charge in [-0.1, -0.05) is 40.7 Å².